The third-order valence-corrected chi connectivity index (χ3v) is 8.33. The summed E-state index contributed by atoms with van der Waals surface area (Å²) in [6, 6.07) is 23.1. The molecule has 2 aliphatic heterocycles. The standard InChI is InChI=1S/C34H39NO7/c1-4-27-26(19-32(36)42-33(27)40-21-23-11-7-5-8-12-23)17-29-28-20-31(39-3)30(38-2)18-25(28)15-16-35(29)34(37)41-22-24-13-9-6-10-14-24/h5-14,18,20,26-27,29,33H,4,15-17,19,21-22H2,1-3H3/t26?,27?,29-,33?/m0/s1. The van der Waals surface area contributed by atoms with Crippen molar-refractivity contribution in [1.82, 2.24) is 4.90 Å². The average Bonchev–Trinajstić information content (AvgIpc) is 3.03. The van der Waals surface area contributed by atoms with E-state index in [0.29, 0.717) is 37.5 Å². The SMILES string of the molecule is CCC1C(C[C@H]2c3cc(OC)c(OC)cc3CCN2C(=O)OCc2ccccc2)CC(=O)OC1OCc1ccccc1. The molecule has 0 aliphatic carbocycles. The molecule has 1 fully saturated rings. The molecule has 5 rings (SSSR count). The van der Waals surface area contributed by atoms with Gasteiger partial charge in [0.05, 0.1) is 26.9 Å². The minimum Gasteiger partial charge on any atom is -0.493 e. The maximum absolute atomic E-state index is 13.6. The van der Waals surface area contributed by atoms with E-state index in [1.807, 2.05) is 72.8 Å². The number of methoxy groups -OCH3 is 2. The molecule has 0 spiro atoms. The first-order valence-corrected chi connectivity index (χ1v) is 14.6. The zero-order valence-corrected chi connectivity index (χ0v) is 24.5. The van der Waals surface area contributed by atoms with Crippen LogP contribution in [0.25, 0.3) is 0 Å². The fraction of sp³-hybridized carbons (Fsp3) is 0.412. The fourth-order valence-corrected chi connectivity index (χ4v) is 6.14. The van der Waals surface area contributed by atoms with Gasteiger partial charge in [-0.25, -0.2) is 4.79 Å². The van der Waals surface area contributed by atoms with Gasteiger partial charge in [0.25, 0.3) is 0 Å². The Morgan fingerprint density at radius 3 is 2.21 bits per heavy atom. The summed E-state index contributed by atoms with van der Waals surface area (Å²) in [5, 5.41) is 0. The van der Waals surface area contributed by atoms with Gasteiger partial charge in [-0.2, -0.15) is 0 Å². The van der Waals surface area contributed by atoms with E-state index in [1.54, 1.807) is 19.1 Å². The molecule has 0 bridgehead atoms. The molecule has 2 heterocycles. The normalized spacial score (nSPS) is 21.7. The second-order valence-corrected chi connectivity index (χ2v) is 10.8. The lowest BCUT2D eigenvalue weighted by molar-refractivity contribution is -0.217. The van der Waals surface area contributed by atoms with Crippen LogP contribution < -0.4 is 9.47 Å². The molecule has 42 heavy (non-hydrogen) atoms. The van der Waals surface area contributed by atoms with Crippen molar-refractivity contribution in [3.8, 4) is 11.5 Å². The van der Waals surface area contributed by atoms with Crippen LogP contribution in [-0.4, -0.2) is 44.0 Å². The number of carbonyl (C=O) groups excluding carboxylic acids is 2. The average molecular weight is 574 g/mol. The molecule has 1 amide bonds. The van der Waals surface area contributed by atoms with Gasteiger partial charge in [0.2, 0.25) is 6.29 Å². The molecule has 222 valence electrons. The van der Waals surface area contributed by atoms with E-state index < -0.39 is 6.29 Å². The van der Waals surface area contributed by atoms with Crippen LogP contribution in [0.5, 0.6) is 11.5 Å². The number of hydrogen-bond acceptors (Lipinski definition) is 7. The number of hydrogen-bond donors (Lipinski definition) is 0. The van der Waals surface area contributed by atoms with E-state index in [1.165, 1.54) is 0 Å². The molecule has 8 heteroatoms. The molecule has 8 nitrogen and oxygen atoms in total. The van der Waals surface area contributed by atoms with Crippen LogP contribution in [0.1, 0.15) is 54.5 Å². The molecule has 1 saturated heterocycles. The summed E-state index contributed by atoms with van der Waals surface area (Å²) < 4.78 is 28.9. The first-order chi connectivity index (χ1) is 20.5. The number of nitrogens with zero attached hydrogens (tertiary/aromatic N) is 1. The van der Waals surface area contributed by atoms with Gasteiger partial charge < -0.3 is 28.6 Å². The first kappa shape index (κ1) is 29.5. The monoisotopic (exact) mass is 573 g/mol. The number of rotatable bonds is 10. The summed E-state index contributed by atoms with van der Waals surface area (Å²) in [5.74, 6) is 0.867. The maximum atomic E-state index is 13.6. The Balaban J connectivity index is 1.41. The van der Waals surface area contributed by atoms with E-state index in [4.69, 9.17) is 23.7 Å². The number of benzene rings is 3. The topological polar surface area (TPSA) is 83.5 Å². The van der Waals surface area contributed by atoms with Gasteiger partial charge in [0.1, 0.15) is 6.61 Å². The number of fused-ring (bicyclic) bond motifs is 1. The van der Waals surface area contributed by atoms with E-state index >= 15 is 0 Å². The van der Waals surface area contributed by atoms with Gasteiger partial charge in [-0.3, -0.25) is 4.79 Å². The van der Waals surface area contributed by atoms with Crippen LogP contribution in [0.3, 0.4) is 0 Å². The number of ether oxygens (including phenoxy) is 5. The van der Waals surface area contributed by atoms with E-state index in [0.717, 1.165) is 28.7 Å². The third kappa shape index (κ3) is 6.71. The molecular formula is C34H39NO7. The van der Waals surface area contributed by atoms with Crippen molar-refractivity contribution < 1.29 is 33.3 Å². The van der Waals surface area contributed by atoms with Crippen molar-refractivity contribution in [2.75, 3.05) is 20.8 Å². The van der Waals surface area contributed by atoms with Crippen LogP contribution in [0.2, 0.25) is 0 Å². The lowest BCUT2D eigenvalue weighted by atomic mass is 9.77. The highest BCUT2D eigenvalue weighted by Gasteiger charge is 2.42. The van der Waals surface area contributed by atoms with Gasteiger partial charge in [0, 0.05) is 18.9 Å². The Morgan fingerprint density at radius 1 is 0.929 bits per heavy atom. The highest BCUT2D eigenvalue weighted by atomic mass is 16.7. The van der Waals surface area contributed by atoms with Crippen molar-refractivity contribution in [1.29, 1.82) is 0 Å². The molecule has 2 aliphatic rings. The smallest absolute Gasteiger partial charge is 0.410 e. The summed E-state index contributed by atoms with van der Waals surface area (Å²) in [7, 11) is 3.22. The Morgan fingerprint density at radius 2 is 1.57 bits per heavy atom. The maximum Gasteiger partial charge on any atom is 0.410 e. The van der Waals surface area contributed by atoms with Crippen LogP contribution in [0.15, 0.2) is 72.8 Å². The van der Waals surface area contributed by atoms with Gasteiger partial charge in [-0.05, 0) is 59.6 Å². The lowest BCUT2D eigenvalue weighted by Crippen LogP contribution is -2.45. The summed E-state index contributed by atoms with van der Waals surface area (Å²) >= 11 is 0. The zero-order valence-electron chi connectivity index (χ0n) is 24.5. The molecule has 3 unspecified atom stereocenters. The van der Waals surface area contributed by atoms with Crippen molar-refractivity contribution in [3.05, 3.63) is 95.1 Å². The summed E-state index contributed by atoms with van der Waals surface area (Å²) in [5.41, 5.74) is 4.00. The van der Waals surface area contributed by atoms with Gasteiger partial charge >= 0.3 is 12.1 Å². The molecule has 3 aromatic rings. The van der Waals surface area contributed by atoms with Crippen molar-refractivity contribution in [2.45, 2.75) is 58.2 Å². The van der Waals surface area contributed by atoms with E-state index in [9.17, 15) is 9.59 Å². The summed E-state index contributed by atoms with van der Waals surface area (Å²) in [4.78, 5) is 28.2. The predicted octanol–water partition coefficient (Wildman–Crippen LogP) is 6.46. The molecule has 0 radical (unpaired) electrons. The zero-order chi connectivity index (χ0) is 29.5. The number of cyclic esters (lactones) is 1. The molecule has 3 aromatic carbocycles. The van der Waals surface area contributed by atoms with Crippen LogP contribution in [-0.2, 0) is 38.6 Å². The highest BCUT2D eigenvalue weighted by molar-refractivity contribution is 5.71. The summed E-state index contributed by atoms with van der Waals surface area (Å²) in [6.07, 6.45) is 1.19. The Labute approximate surface area is 247 Å². The molecular weight excluding hydrogens is 534 g/mol. The lowest BCUT2D eigenvalue weighted by Gasteiger charge is -2.42. The minimum absolute atomic E-state index is 0.0286. The Hall–Kier alpha value is -4.04. The van der Waals surface area contributed by atoms with Crippen LogP contribution in [0, 0.1) is 11.8 Å². The molecule has 0 aromatic heterocycles. The third-order valence-electron chi connectivity index (χ3n) is 8.33. The molecule has 0 N–H and O–H groups in total. The number of carbonyl (C=O) groups is 2. The second kappa shape index (κ2) is 13.7. The number of amides is 1. The van der Waals surface area contributed by atoms with Gasteiger partial charge in [-0.15, -0.1) is 0 Å². The second-order valence-electron chi connectivity index (χ2n) is 10.8. The number of esters is 1. The van der Waals surface area contributed by atoms with Crippen LogP contribution in [0.4, 0.5) is 4.79 Å². The van der Waals surface area contributed by atoms with E-state index in [-0.39, 0.29) is 43.0 Å². The van der Waals surface area contributed by atoms with Crippen LogP contribution >= 0.6 is 0 Å². The van der Waals surface area contributed by atoms with Crippen molar-refractivity contribution in [3.63, 3.8) is 0 Å². The Bertz CT molecular complexity index is 1350. The molecule has 0 saturated carbocycles. The first-order valence-electron chi connectivity index (χ1n) is 14.6. The predicted molar refractivity (Wildman–Crippen MR) is 157 cm³/mol. The fourth-order valence-electron chi connectivity index (χ4n) is 6.14. The van der Waals surface area contributed by atoms with Gasteiger partial charge in [-0.1, -0.05) is 67.6 Å². The largest absolute Gasteiger partial charge is 0.493 e. The van der Waals surface area contributed by atoms with Crippen molar-refractivity contribution >= 4 is 12.1 Å². The highest BCUT2D eigenvalue weighted by Crippen LogP contribution is 2.44. The molecule has 4 atom stereocenters. The van der Waals surface area contributed by atoms with E-state index in [2.05, 4.69) is 6.92 Å². The summed E-state index contributed by atoms with van der Waals surface area (Å²) in [6.45, 7) is 3.11. The van der Waals surface area contributed by atoms with Gasteiger partial charge in [0.15, 0.2) is 11.5 Å². The van der Waals surface area contributed by atoms with Crippen molar-refractivity contribution in [2.24, 2.45) is 11.8 Å². The minimum atomic E-state index is -0.659. The quantitative estimate of drug-likeness (QED) is 0.257. The Kier molecular flexibility index (Phi) is 9.64.